The number of rotatable bonds is 4. The lowest BCUT2D eigenvalue weighted by Gasteiger charge is -2.00. The second-order valence-corrected chi connectivity index (χ2v) is 7.62. The molecule has 0 bridgehead atoms. The first-order valence-corrected chi connectivity index (χ1v) is 9.41. The molecule has 3 N–H and O–H groups in total. The van der Waals surface area contributed by atoms with Crippen molar-refractivity contribution in [1.82, 2.24) is 0 Å². The molecule has 19 heavy (non-hydrogen) atoms. The minimum atomic E-state index is -3.95. The van der Waals surface area contributed by atoms with E-state index in [1.165, 1.54) is 0 Å². The van der Waals surface area contributed by atoms with Gasteiger partial charge < -0.3 is 9.79 Å². The highest BCUT2D eigenvalue weighted by atomic mass is 32.2. The summed E-state index contributed by atoms with van der Waals surface area (Å²) in [5, 5.41) is 0. The maximum Gasteiger partial charge on any atom is 0.326 e. The molecule has 0 aliphatic heterocycles. The van der Waals surface area contributed by atoms with Gasteiger partial charge in [0.15, 0.2) is 0 Å². The monoisotopic (exact) mass is 346 g/mol. The summed E-state index contributed by atoms with van der Waals surface area (Å²) in [6, 6.07) is 6.72. The van der Waals surface area contributed by atoms with Crippen LogP contribution in [0, 0.1) is 0 Å². The zero-order valence-corrected chi connectivity index (χ0v) is 13.2. The van der Waals surface area contributed by atoms with E-state index in [2.05, 4.69) is 25.3 Å². The van der Waals surface area contributed by atoms with Crippen LogP contribution in [0.4, 0.5) is 0 Å². The topological polar surface area (TPSA) is 112 Å². The van der Waals surface area contributed by atoms with E-state index in [9.17, 15) is 13.0 Å². The molecule has 1 aromatic carbocycles. The minimum Gasteiger partial charge on any atom is -0.324 e. The van der Waals surface area contributed by atoms with Crippen LogP contribution in [0.5, 0.6) is 0 Å². The van der Waals surface area contributed by atoms with E-state index in [1.54, 1.807) is 24.3 Å². The molecule has 0 aromatic heterocycles. The molecular formula is C9H15O6PS3. The van der Waals surface area contributed by atoms with Crippen LogP contribution in [0.3, 0.4) is 0 Å². The van der Waals surface area contributed by atoms with Crippen molar-refractivity contribution in [3.8, 4) is 0 Å². The largest absolute Gasteiger partial charge is 0.326 e. The van der Waals surface area contributed by atoms with Crippen molar-refractivity contribution in [1.29, 1.82) is 0 Å². The lowest BCUT2D eigenvalue weighted by Crippen LogP contribution is -2.01. The molecule has 0 aliphatic rings. The van der Waals surface area contributed by atoms with E-state index >= 15 is 0 Å². The van der Waals surface area contributed by atoms with Crippen molar-refractivity contribution in [3.05, 3.63) is 29.8 Å². The van der Waals surface area contributed by atoms with Crippen molar-refractivity contribution in [2.24, 2.45) is 0 Å². The molecule has 0 spiro atoms. The molecule has 0 radical (unpaired) electrons. The summed E-state index contributed by atoms with van der Waals surface area (Å²) in [5.41, 5.74) is 0.503. The Bertz CT molecular complexity index is 539. The molecular weight excluding hydrogens is 331 g/mol. The Kier molecular flexibility index (Phi) is 8.30. The second kappa shape index (κ2) is 8.31. The van der Waals surface area contributed by atoms with Gasteiger partial charge in [-0.05, 0) is 11.6 Å². The van der Waals surface area contributed by atoms with Gasteiger partial charge in [0.2, 0.25) is 0 Å². The summed E-state index contributed by atoms with van der Waals surface area (Å²) >= 11 is 7.66. The van der Waals surface area contributed by atoms with Crippen molar-refractivity contribution in [2.45, 2.75) is 10.6 Å². The molecule has 0 atom stereocenters. The van der Waals surface area contributed by atoms with Crippen LogP contribution in [0.15, 0.2) is 29.2 Å². The van der Waals surface area contributed by atoms with E-state index in [-0.39, 0.29) is 17.7 Å². The van der Waals surface area contributed by atoms with E-state index in [4.69, 9.17) is 14.3 Å². The molecule has 10 heteroatoms. The average Bonchev–Trinajstić information content (AvgIpc) is 2.18. The maximum absolute atomic E-state index is 10.5. The SMILES string of the molecule is O=P(O)(O)CCS.O=S(=O)(O)Cc1ccccc1S. The number of benzene rings is 1. The predicted molar refractivity (Wildman–Crippen MR) is 79.7 cm³/mol. The van der Waals surface area contributed by atoms with Crippen molar-refractivity contribution >= 4 is 43.0 Å². The summed E-state index contributed by atoms with van der Waals surface area (Å²) in [4.78, 5) is 16.7. The van der Waals surface area contributed by atoms with Crippen LogP contribution in [0.1, 0.15) is 5.56 Å². The van der Waals surface area contributed by atoms with Gasteiger partial charge in [0.25, 0.3) is 10.1 Å². The standard InChI is InChI=1S/C7H8O3S2.C2H7O3PS/c8-12(9,10)5-6-3-1-2-4-7(6)11;3-6(4,5)1-2-7/h1-4,11H,5H2,(H,8,9,10);7H,1-2H2,(H2,3,4,5). The van der Waals surface area contributed by atoms with Gasteiger partial charge in [-0.3, -0.25) is 9.12 Å². The molecule has 110 valence electrons. The first kappa shape index (κ1) is 19.0. The third kappa shape index (κ3) is 11.5. The van der Waals surface area contributed by atoms with Crippen molar-refractivity contribution in [2.75, 3.05) is 11.9 Å². The maximum atomic E-state index is 10.5. The lowest BCUT2D eigenvalue weighted by atomic mass is 10.2. The normalized spacial score (nSPS) is 11.6. The molecule has 0 saturated heterocycles. The molecule has 0 heterocycles. The van der Waals surface area contributed by atoms with Gasteiger partial charge >= 0.3 is 7.60 Å². The highest BCUT2D eigenvalue weighted by molar-refractivity contribution is 7.85. The van der Waals surface area contributed by atoms with Crippen LogP contribution < -0.4 is 0 Å². The molecule has 0 amide bonds. The first-order chi connectivity index (χ1) is 8.55. The quantitative estimate of drug-likeness (QED) is 0.321. The van der Waals surface area contributed by atoms with Gasteiger partial charge in [0.1, 0.15) is 5.75 Å². The smallest absolute Gasteiger partial charge is 0.324 e. The fourth-order valence-corrected chi connectivity index (χ4v) is 2.99. The van der Waals surface area contributed by atoms with E-state index in [0.717, 1.165) is 0 Å². The average molecular weight is 346 g/mol. The van der Waals surface area contributed by atoms with Crippen LogP contribution in [-0.4, -0.2) is 34.7 Å². The fourth-order valence-electron chi connectivity index (χ4n) is 0.960. The lowest BCUT2D eigenvalue weighted by molar-refractivity contribution is 0.375. The van der Waals surface area contributed by atoms with Crippen LogP contribution >= 0.6 is 32.9 Å². The number of hydrogen-bond acceptors (Lipinski definition) is 5. The molecule has 0 aliphatic carbocycles. The predicted octanol–water partition coefficient (Wildman–Crippen LogP) is 1.46. The van der Waals surface area contributed by atoms with Gasteiger partial charge in [-0.1, -0.05) is 18.2 Å². The fraction of sp³-hybridized carbons (Fsp3) is 0.333. The highest BCUT2D eigenvalue weighted by Gasteiger charge is 2.09. The Morgan fingerprint density at radius 2 is 1.74 bits per heavy atom. The molecule has 1 rings (SSSR count). The molecule has 0 unspecified atom stereocenters. The van der Waals surface area contributed by atoms with Gasteiger partial charge in [0, 0.05) is 10.6 Å². The first-order valence-electron chi connectivity index (χ1n) is 4.92. The second-order valence-electron chi connectivity index (χ2n) is 3.47. The Hall–Kier alpha value is -0.0200. The zero-order chi connectivity index (χ0) is 15.1. The minimum absolute atomic E-state index is 0.129. The van der Waals surface area contributed by atoms with Gasteiger partial charge in [-0.25, -0.2) is 0 Å². The Morgan fingerprint density at radius 3 is 2.05 bits per heavy atom. The zero-order valence-electron chi connectivity index (χ0n) is 9.75. The summed E-state index contributed by atoms with van der Waals surface area (Å²) in [6.45, 7) is 0. The van der Waals surface area contributed by atoms with Crippen LogP contribution in [-0.2, 0) is 20.4 Å². The summed E-state index contributed by atoms with van der Waals surface area (Å²) in [6.07, 6.45) is -0.129. The molecule has 1 aromatic rings. The third-order valence-corrected chi connectivity index (χ3v) is 4.22. The van der Waals surface area contributed by atoms with E-state index < -0.39 is 17.7 Å². The summed E-state index contributed by atoms with van der Waals surface area (Å²) in [5.74, 6) is -0.142. The van der Waals surface area contributed by atoms with Crippen molar-refractivity contribution < 1.29 is 27.3 Å². The van der Waals surface area contributed by atoms with Crippen LogP contribution in [0.2, 0.25) is 0 Å². The third-order valence-electron chi connectivity index (χ3n) is 1.72. The highest BCUT2D eigenvalue weighted by Crippen LogP contribution is 2.33. The number of thiol groups is 2. The molecule has 0 fully saturated rings. The molecule has 0 saturated carbocycles. The van der Waals surface area contributed by atoms with Gasteiger partial charge in [-0.2, -0.15) is 21.0 Å². The van der Waals surface area contributed by atoms with Gasteiger partial charge in [0.05, 0.1) is 6.16 Å². The van der Waals surface area contributed by atoms with Crippen LogP contribution in [0.25, 0.3) is 0 Å². The van der Waals surface area contributed by atoms with Crippen molar-refractivity contribution in [3.63, 3.8) is 0 Å². The van der Waals surface area contributed by atoms with E-state index in [1.807, 2.05) is 0 Å². The Balaban J connectivity index is 0.000000399. The summed E-state index contributed by atoms with van der Waals surface area (Å²) in [7, 11) is -7.69. The summed E-state index contributed by atoms with van der Waals surface area (Å²) < 4.78 is 39.4. The molecule has 6 nitrogen and oxygen atoms in total. The number of hydrogen-bond donors (Lipinski definition) is 5. The Labute approximate surface area is 123 Å². The Morgan fingerprint density at radius 1 is 1.21 bits per heavy atom. The van der Waals surface area contributed by atoms with Gasteiger partial charge in [-0.15, -0.1) is 12.6 Å². The van der Waals surface area contributed by atoms with E-state index in [0.29, 0.717) is 10.5 Å².